The Hall–Kier alpha value is -2.76. The van der Waals surface area contributed by atoms with Crippen molar-refractivity contribution < 1.29 is 4.79 Å². The Morgan fingerprint density at radius 3 is 2.48 bits per heavy atom. The van der Waals surface area contributed by atoms with E-state index < -0.39 is 0 Å². The van der Waals surface area contributed by atoms with E-state index in [0.717, 1.165) is 42.5 Å². The number of unbranched alkanes of at least 4 members (excludes halogenated alkanes) is 2. The summed E-state index contributed by atoms with van der Waals surface area (Å²) in [6.45, 7) is 0.993. The van der Waals surface area contributed by atoms with E-state index in [4.69, 9.17) is 0 Å². The summed E-state index contributed by atoms with van der Waals surface area (Å²) in [5.41, 5.74) is 2.33. The van der Waals surface area contributed by atoms with E-state index in [-0.39, 0.29) is 11.6 Å². The zero-order chi connectivity index (χ0) is 17.8. The van der Waals surface area contributed by atoms with E-state index in [1.54, 1.807) is 23.2 Å². The Balaban J connectivity index is 1.50. The number of fused-ring (bicyclic) bond motifs is 1. The fourth-order valence-corrected chi connectivity index (χ4v) is 3.08. The Morgan fingerprint density at radius 1 is 1.00 bits per heavy atom. The molecule has 0 bridgehead atoms. The number of anilines is 1. The summed E-state index contributed by atoms with van der Waals surface area (Å²) in [5, 5.41) is 2.93. The fourth-order valence-electron chi connectivity index (χ4n) is 3.08. The van der Waals surface area contributed by atoms with Crippen LogP contribution in [0.5, 0.6) is 0 Å². The summed E-state index contributed by atoms with van der Waals surface area (Å²) in [7, 11) is 3.48. The summed E-state index contributed by atoms with van der Waals surface area (Å²) in [4.78, 5) is 24.1. The van der Waals surface area contributed by atoms with Crippen molar-refractivity contribution in [1.82, 2.24) is 13.7 Å². The maximum atomic E-state index is 12.1. The van der Waals surface area contributed by atoms with Crippen LogP contribution in [-0.4, -0.2) is 19.6 Å². The molecule has 132 valence electrons. The number of carbonyl (C=O) groups is 1. The molecule has 0 saturated carbocycles. The molecule has 1 amide bonds. The predicted octanol–water partition coefficient (Wildman–Crippen LogP) is 2.88. The molecule has 0 aliphatic heterocycles. The average Bonchev–Trinajstić information content (AvgIpc) is 3.19. The largest absolute Gasteiger partial charge is 0.354 e. The van der Waals surface area contributed by atoms with Gasteiger partial charge in [-0.3, -0.25) is 13.9 Å². The molecule has 6 nitrogen and oxygen atoms in total. The van der Waals surface area contributed by atoms with Gasteiger partial charge in [0.1, 0.15) is 0 Å². The van der Waals surface area contributed by atoms with Crippen molar-refractivity contribution in [3.05, 3.63) is 53.2 Å². The molecule has 0 aliphatic rings. The van der Waals surface area contributed by atoms with Gasteiger partial charge in [-0.2, -0.15) is 0 Å². The highest BCUT2D eigenvalue weighted by atomic mass is 16.2. The van der Waals surface area contributed by atoms with Gasteiger partial charge in [0.15, 0.2) is 0 Å². The molecule has 1 N–H and O–H groups in total. The highest BCUT2D eigenvalue weighted by molar-refractivity contribution is 5.93. The van der Waals surface area contributed by atoms with E-state index >= 15 is 0 Å². The molecule has 0 fully saturated rings. The molecule has 3 rings (SSSR count). The number of amides is 1. The standard InChI is InChI=1S/C19H24N4O2/c1-21-16-10-9-15(14-17(16)22(2)19(21)25)20-18(24)8-4-3-5-11-23-12-6-7-13-23/h6-7,9-10,12-14H,3-5,8,11H2,1-2H3,(H,20,24). The van der Waals surface area contributed by atoms with Crippen molar-refractivity contribution in [2.24, 2.45) is 14.1 Å². The lowest BCUT2D eigenvalue weighted by atomic mass is 10.2. The number of hydrogen-bond donors (Lipinski definition) is 1. The maximum Gasteiger partial charge on any atom is 0.328 e. The number of aryl methyl sites for hydroxylation is 3. The van der Waals surface area contributed by atoms with Crippen LogP contribution >= 0.6 is 0 Å². The number of nitrogens with zero attached hydrogens (tertiary/aromatic N) is 3. The van der Waals surface area contributed by atoms with Crippen LogP contribution in [0.1, 0.15) is 25.7 Å². The number of rotatable bonds is 7. The van der Waals surface area contributed by atoms with Crippen LogP contribution in [0.4, 0.5) is 5.69 Å². The Bertz CT molecular complexity index is 919. The van der Waals surface area contributed by atoms with Gasteiger partial charge in [-0.25, -0.2) is 4.79 Å². The van der Waals surface area contributed by atoms with E-state index in [1.807, 2.05) is 30.3 Å². The molecular weight excluding hydrogens is 316 g/mol. The average molecular weight is 340 g/mol. The minimum absolute atomic E-state index is 0.0150. The van der Waals surface area contributed by atoms with E-state index in [0.29, 0.717) is 6.42 Å². The van der Waals surface area contributed by atoms with Gasteiger partial charge in [0.05, 0.1) is 11.0 Å². The first-order valence-electron chi connectivity index (χ1n) is 8.62. The first-order chi connectivity index (χ1) is 12.1. The highest BCUT2D eigenvalue weighted by Crippen LogP contribution is 2.18. The van der Waals surface area contributed by atoms with Crippen LogP contribution in [0.25, 0.3) is 11.0 Å². The van der Waals surface area contributed by atoms with Crippen molar-refractivity contribution in [3.63, 3.8) is 0 Å². The van der Waals surface area contributed by atoms with E-state index in [1.165, 1.54) is 0 Å². The van der Waals surface area contributed by atoms with Gasteiger partial charge in [-0.05, 0) is 43.2 Å². The maximum absolute atomic E-state index is 12.1. The molecule has 0 aliphatic carbocycles. The van der Waals surface area contributed by atoms with Crippen LogP contribution in [0.2, 0.25) is 0 Å². The van der Waals surface area contributed by atoms with Crippen molar-refractivity contribution in [3.8, 4) is 0 Å². The predicted molar refractivity (Wildman–Crippen MR) is 99.7 cm³/mol. The van der Waals surface area contributed by atoms with Crippen LogP contribution < -0.4 is 11.0 Å². The summed E-state index contributed by atoms with van der Waals surface area (Å²) < 4.78 is 5.34. The van der Waals surface area contributed by atoms with E-state index in [2.05, 4.69) is 22.3 Å². The van der Waals surface area contributed by atoms with Crippen molar-refractivity contribution in [2.45, 2.75) is 32.2 Å². The second kappa shape index (κ2) is 7.42. The van der Waals surface area contributed by atoms with Crippen LogP contribution in [-0.2, 0) is 25.4 Å². The number of hydrogen-bond acceptors (Lipinski definition) is 2. The summed E-state index contributed by atoms with van der Waals surface area (Å²) in [5.74, 6) is 0.0150. The Kier molecular flexibility index (Phi) is 5.07. The number of benzene rings is 1. The van der Waals surface area contributed by atoms with Crippen LogP contribution in [0.15, 0.2) is 47.5 Å². The SMILES string of the molecule is Cn1c(=O)n(C)c2cc(NC(=O)CCCCCn3cccc3)ccc21. The van der Waals surface area contributed by atoms with Crippen molar-refractivity contribution in [1.29, 1.82) is 0 Å². The third-order valence-corrected chi connectivity index (χ3v) is 4.54. The summed E-state index contributed by atoms with van der Waals surface area (Å²) in [6.07, 6.45) is 7.59. The number of imidazole rings is 1. The lowest BCUT2D eigenvalue weighted by Crippen LogP contribution is -2.19. The minimum atomic E-state index is -0.0684. The zero-order valence-corrected chi connectivity index (χ0v) is 14.7. The second-order valence-electron chi connectivity index (χ2n) is 6.38. The molecule has 0 spiro atoms. The molecule has 1 aromatic carbocycles. The van der Waals surface area contributed by atoms with Gasteiger partial charge in [-0.1, -0.05) is 6.42 Å². The first kappa shape index (κ1) is 17.1. The second-order valence-corrected chi connectivity index (χ2v) is 6.38. The Morgan fingerprint density at radius 2 is 1.72 bits per heavy atom. The Labute approximate surface area is 146 Å². The smallest absolute Gasteiger partial charge is 0.328 e. The molecule has 2 heterocycles. The van der Waals surface area contributed by atoms with Gasteiger partial charge in [0, 0.05) is 45.1 Å². The quantitative estimate of drug-likeness (QED) is 0.672. The van der Waals surface area contributed by atoms with Crippen molar-refractivity contribution in [2.75, 3.05) is 5.32 Å². The number of carbonyl (C=O) groups excluding carboxylic acids is 1. The molecular formula is C19H24N4O2. The third-order valence-electron chi connectivity index (χ3n) is 4.54. The lowest BCUT2D eigenvalue weighted by Gasteiger charge is -2.06. The molecule has 6 heteroatoms. The molecule has 0 radical (unpaired) electrons. The topological polar surface area (TPSA) is 61.0 Å². The zero-order valence-electron chi connectivity index (χ0n) is 14.7. The fraction of sp³-hybridized carbons (Fsp3) is 0.368. The first-order valence-corrected chi connectivity index (χ1v) is 8.62. The minimum Gasteiger partial charge on any atom is -0.354 e. The van der Waals surface area contributed by atoms with Gasteiger partial charge >= 0.3 is 5.69 Å². The van der Waals surface area contributed by atoms with E-state index in [9.17, 15) is 9.59 Å². The molecule has 3 aromatic rings. The van der Waals surface area contributed by atoms with Crippen LogP contribution in [0, 0.1) is 0 Å². The highest BCUT2D eigenvalue weighted by Gasteiger charge is 2.09. The molecule has 0 atom stereocenters. The van der Waals surface area contributed by atoms with Gasteiger partial charge in [0.2, 0.25) is 5.91 Å². The van der Waals surface area contributed by atoms with Crippen molar-refractivity contribution >= 4 is 22.6 Å². The molecule has 25 heavy (non-hydrogen) atoms. The number of aromatic nitrogens is 3. The lowest BCUT2D eigenvalue weighted by molar-refractivity contribution is -0.116. The molecule has 0 unspecified atom stereocenters. The monoisotopic (exact) mass is 340 g/mol. The van der Waals surface area contributed by atoms with Gasteiger partial charge in [-0.15, -0.1) is 0 Å². The third kappa shape index (κ3) is 3.84. The normalized spacial score (nSPS) is 11.1. The van der Waals surface area contributed by atoms with Gasteiger partial charge < -0.3 is 9.88 Å². The van der Waals surface area contributed by atoms with Gasteiger partial charge in [0.25, 0.3) is 0 Å². The molecule has 2 aromatic heterocycles. The number of nitrogens with one attached hydrogen (secondary N) is 1. The van der Waals surface area contributed by atoms with Crippen LogP contribution in [0.3, 0.4) is 0 Å². The summed E-state index contributed by atoms with van der Waals surface area (Å²) >= 11 is 0. The molecule has 0 saturated heterocycles. The summed E-state index contributed by atoms with van der Waals surface area (Å²) in [6, 6.07) is 9.59.